The van der Waals surface area contributed by atoms with Gasteiger partial charge in [0.05, 0.1) is 5.92 Å². The SMILES string of the molecule is CC(C)C(C(=O)N(C)C1CCC2CN(Cc3ccccc3)CC21)c1ccccc1. The number of hydrogen-bond acceptors (Lipinski definition) is 2. The summed E-state index contributed by atoms with van der Waals surface area (Å²) in [5, 5.41) is 0. The van der Waals surface area contributed by atoms with E-state index in [-0.39, 0.29) is 5.92 Å². The lowest BCUT2D eigenvalue weighted by atomic mass is 9.86. The first kappa shape index (κ1) is 20.2. The second-order valence-corrected chi connectivity index (χ2v) is 9.33. The number of carbonyl (C=O) groups excluding carboxylic acids is 1. The minimum absolute atomic E-state index is 0.0536. The number of fused-ring (bicyclic) bond motifs is 1. The molecule has 0 radical (unpaired) electrons. The molecule has 2 fully saturated rings. The van der Waals surface area contributed by atoms with Crippen molar-refractivity contribution in [1.29, 1.82) is 0 Å². The second kappa shape index (κ2) is 8.71. The summed E-state index contributed by atoms with van der Waals surface area (Å²) < 4.78 is 0. The third-order valence-corrected chi connectivity index (χ3v) is 7.08. The van der Waals surface area contributed by atoms with Crippen molar-refractivity contribution in [3.05, 3.63) is 71.8 Å². The monoisotopic (exact) mass is 390 g/mol. The van der Waals surface area contributed by atoms with E-state index >= 15 is 0 Å². The molecule has 1 heterocycles. The van der Waals surface area contributed by atoms with Gasteiger partial charge in [0, 0.05) is 32.7 Å². The van der Waals surface area contributed by atoms with Gasteiger partial charge in [-0.25, -0.2) is 0 Å². The molecule has 0 spiro atoms. The molecule has 1 amide bonds. The standard InChI is InChI=1S/C26H34N2O/c1-19(2)25(21-12-8-5-9-13-21)26(29)27(3)24-15-14-22-17-28(18-23(22)24)16-20-10-6-4-7-11-20/h4-13,19,22-25H,14-18H2,1-3H3. The summed E-state index contributed by atoms with van der Waals surface area (Å²) in [4.78, 5) is 18.2. The van der Waals surface area contributed by atoms with Gasteiger partial charge < -0.3 is 4.90 Å². The quantitative estimate of drug-likeness (QED) is 0.708. The molecule has 2 aromatic rings. The van der Waals surface area contributed by atoms with Crippen LogP contribution in [0.15, 0.2) is 60.7 Å². The number of nitrogens with zero attached hydrogens (tertiary/aromatic N) is 2. The number of likely N-dealkylation sites (tertiary alicyclic amines) is 1. The van der Waals surface area contributed by atoms with Crippen LogP contribution in [0.4, 0.5) is 0 Å². The van der Waals surface area contributed by atoms with Crippen molar-refractivity contribution in [1.82, 2.24) is 9.80 Å². The molecule has 0 bridgehead atoms. The molecular formula is C26H34N2O. The minimum atomic E-state index is -0.0536. The molecule has 4 atom stereocenters. The molecule has 1 saturated carbocycles. The Kier molecular flexibility index (Phi) is 6.05. The van der Waals surface area contributed by atoms with Crippen LogP contribution < -0.4 is 0 Å². The van der Waals surface area contributed by atoms with E-state index in [2.05, 4.69) is 66.1 Å². The third kappa shape index (κ3) is 4.25. The van der Waals surface area contributed by atoms with Gasteiger partial charge in [0.1, 0.15) is 0 Å². The summed E-state index contributed by atoms with van der Waals surface area (Å²) in [7, 11) is 2.05. The Balaban J connectivity index is 1.45. The van der Waals surface area contributed by atoms with Crippen molar-refractivity contribution in [3.63, 3.8) is 0 Å². The number of amides is 1. The highest BCUT2D eigenvalue weighted by molar-refractivity contribution is 5.84. The predicted octanol–water partition coefficient (Wildman–Crippen LogP) is 4.80. The van der Waals surface area contributed by atoms with Crippen LogP contribution >= 0.6 is 0 Å². The highest BCUT2D eigenvalue weighted by Gasteiger charge is 2.45. The van der Waals surface area contributed by atoms with Crippen LogP contribution in [0.5, 0.6) is 0 Å². The summed E-state index contributed by atoms with van der Waals surface area (Å²) in [6, 6.07) is 21.4. The van der Waals surface area contributed by atoms with Crippen molar-refractivity contribution in [2.24, 2.45) is 17.8 Å². The zero-order chi connectivity index (χ0) is 20.4. The van der Waals surface area contributed by atoms with Crippen LogP contribution in [0.2, 0.25) is 0 Å². The number of likely N-dealkylation sites (N-methyl/N-ethyl adjacent to an activating group) is 1. The molecule has 0 aromatic heterocycles. The van der Waals surface area contributed by atoms with Crippen LogP contribution in [-0.4, -0.2) is 41.9 Å². The van der Waals surface area contributed by atoms with Gasteiger partial charge in [-0.05, 0) is 41.7 Å². The molecule has 3 nitrogen and oxygen atoms in total. The molecule has 0 N–H and O–H groups in total. The summed E-state index contributed by atoms with van der Waals surface area (Å²) in [6.07, 6.45) is 2.40. The van der Waals surface area contributed by atoms with E-state index in [1.54, 1.807) is 0 Å². The smallest absolute Gasteiger partial charge is 0.230 e. The Morgan fingerprint density at radius 1 is 1.00 bits per heavy atom. The van der Waals surface area contributed by atoms with Gasteiger partial charge in [0.25, 0.3) is 0 Å². The topological polar surface area (TPSA) is 23.6 Å². The number of rotatable bonds is 6. The summed E-state index contributed by atoms with van der Waals surface area (Å²) in [5.74, 6) is 1.87. The van der Waals surface area contributed by atoms with Crippen molar-refractivity contribution in [2.75, 3.05) is 20.1 Å². The first-order valence-corrected chi connectivity index (χ1v) is 11.1. The molecule has 1 aliphatic carbocycles. The normalized spacial score (nSPS) is 25.2. The Hall–Kier alpha value is -2.13. The zero-order valence-electron chi connectivity index (χ0n) is 18.0. The Morgan fingerprint density at radius 3 is 2.31 bits per heavy atom. The van der Waals surface area contributed by atoms with Gasteiger partial charge >= 0.3 is 0 Å². The maximum absolute atomic E-state index is 13.5. The predicted molar refractivity (Wildman–Crippen MR) is 119 cm³/mol. The zero-order valence-corrected chi connectivity index (χ0v) is 18.0. The summed E-state index contributed by atoms with van der Waals surface area (Å²) >= 11 is 0. The molecule has 4 unspecified atom stereocenters. The minimum Gasteiger partial charge on any atom is -0.342 e. The van der Waals surface area contributed by atoms with E-state index in [1.807, 2.05) is 25.2 Å². The van der Waals surface area contributed by atoms with Crippen molar-refractivity contribution in [2.45, 2.75) is 45.2 Å². The maximum Gasteiger partial charge on any atom is 0.230 e. The van der Waals surface area contributed by atoms with E-state index < -0.39 is 0 Å². The van der Waals surface area contributed by atoms with Crippen LogP contribution in [0, 0.1) is 17.8 Å². The number of carbonyl (C=O) groups is 1. The summed E-state index contributed by atoms with van der Waals surface area (Å²) in [5.41, 5.74) is 2.53. The van der Waals surface area contributed by atoms with Crippen LogP contribution in [0.1, 0.15) is 43.7 Å². The lowest BCUT2D eigenvalue weighted by Gasteiger charge is -2.34. The fourth-order valence-electron chi connectivity index (χ4n) is 5.64. The number of hydrogen-bond donors (Lipinski definition) is 0. The average Bonchev–Trinajstić information content (AvgIpc) is 3.29. The highest BCUT2D eigenvalue weighted by Crippen LogP contribution is 2.42. The van der Waals surface area contributed by atoms with E-state index in [1.165, 1.54) is 18.5 Å². The second-order valence-electron chi connectivity index (χ2n) is 9.33. The molecule has 1 saturated heterocycles. The van der Waals surface area contributed by atoms with E-state index in [4.69, 9.17) is 0 Å². The number of benzene rings is 2. The molecule has 4 rings (SSSR count). The van der Waals surface area contributed by atoms with Gasteiger partial charge in [0.15, 0.2) is 0 Å². The van der Waals surface area contributed by atoms with Crippen molar-refractivity contribution < 1.29 is 4.79 Å². The fraction of sp³-hybridized carbons (Fsp3) is 0.500. The van der Waals surface area contributed by atoms with Gasteiger partial charge in [-0.2, -0.15) is 0 Å². The van der Waals surface area contributed by atoms with E-state index in [0.717, 1.165) is 31.0 Å². The first-order valence-electron chi connectivity index (χ1n) is 11.1. The molecule has 29 heavy (non-hydrogen) atoms. The lowest BCUT2D eigenvalue weighted by Crippen LogP contribution is -2.44. The van der Waals surface area contributed by atoms with Gasteiger partial charge in [-0.15, -0.1) is 0 Å². The average molecular weight is 391 g/mol. The Bertz CT molecular complexity index is 804. The third-order valence-electron chi connectivity index (χ3n) is 7.08. The Labute approximate surface area is 175 Å². The molecule has 2 aromatic carbocycles. The molecule has 3 heteroatoms. The van der Waals surface area contributed by atoms with Crippen LogP contribution in [0.3, 0.4) is 0 Å². The molecular weight excluding hydrogens is 356 g/mol. The van der Waals surface area contributed by atoms with Crippen molar-refractivity contribution >= 4 is 5.91 Å². The van der Waals surface area contributed by atoms with Gasteiger partial charge in [-0.1, -0.05) is 74.5 Å². The van der Waals surface area contributed by atoms with Crippen LogP contribution in [0.25, 0.3) is 0 Å². The first-order chi connectivity index (χ1) is 14.0. The fourth-order valence-corrected chi connectivity index (χ4v) is 5.64. The van der Waals surface area contributed by atoms with E-state index in [0.29, 0.717) is 23.8 Å². The van der Waals surface area contributed by atoms with Crippen molar-refractivity contribution in [3.8, 4) is 0 Å². The van der Waals surface area contributed by atoms with Gasteiger partial charge in [0.2, 0.25) is 5.91 Å². The highest BCUT2D eigenvalue weighted by atomic mass is 16.2. The molecule has 1 aliphatic heterocycles. The molecule has 154 valence electrons. The maximum atomic E-state index is 13.5. The molecule has 2 aliphatic rings. The largest absolute Gasteiger partial charge is 0.342 e. The van der Waals surface area contributed by atoms with Crippen LogP contribution in [-0.2, 0) is 11.3 Å². The Morgan fingerprint density at radius 2 is 1.66 bits per heavy atom. The van der Waals surface area contributed by atoms with Gasteiger partial charge in [-0.3, -0.25) is 9.69 Å². The lowest BCUT2D eigenvalue weighted by molar-refractivity contribution is -0.135. The summed E-state index contributed by atoms with van der Waals surface area (Å²) in [6.45, 7) is 7.64. The van der Waals surface area contributed by atoms with E-state index in [9.17, 15) is 4.79 Å².